The van der Waals surface area contributed by atoms with Gasteiger partial charge in [-0.25, -0.2) is 4.79 Å². The number of hydrogen-bond acceptors (Lipinski definition) is 3. The van der Waals surface area contributed by atoms with Crippen molar-refractivity contribution in [3.63, 3.8) is 0 Å². The van der Waals surface area contributed by atoms with Gasteiger partial charge in [0.1, 0.15) is 5.69 Å². The van der Waals surface area contributed by atoms with E-state index in [0.29, 0.717) is 12.1 Å². The number of ether oxygens (including phenoxy) is 1. The van der Waals surface area contributed by atoms with E-state index in [1.807, 2.05) is 6.92 Å². The molecule has 0 saturated heterocycles. The molecule has 0 unspecified atom stereocenters. The molecule has 0 radical (unpaired) electrons. The summed E-state index contributed by atoms with van der Waals surface area (Å²) in [6, 6.07) is 1.68. The molecule has 5 nitrogen and oxygen atoms in total. The zero-order valence-electron chi connectivity index (χ0n) is 8.18. The topological polar surface area (TPSA) is 92.0 Å². The molecule has 1 aromatic heterocycles. The SMILES string of the molecule is COC(=O)c1cc(C)c(CC(=N)N)[nH]1. The van der Waals surface area contributed by atoms with E-state index in [1.54, 1.807) is 6.07 Å². The summed E-state index contributed by atoms with van der Waals surface area (Å²) in [5, 5.41) is 7.13. The lowest BCUT2D eigenvalue weighted by molar-refractivity contribution is 0.0594. The highest BCUT2D eigenvalue weighted by atomic mass is 16.5. The highest BCUT2D eigenvalue weighted by Gasteiger charge is 2.11. The van der Waals surface area contributed by atoms with Crippen molar-refractivity contribution < 1.29 is 9.53 Å². The van der Waals surface area contributed by atoms with Crippen molar-refractivity contribution in [3.8, 4) is 0 Å². The van der Waals surface area contributed by atoms with Gasteiger partial charge in [-0.2, -0.15) is 0 Å². The first-order valence-electron chi connectivity index (χ1n) is 4.14. The second-order valence-electron chi connectivity index (χ2n) is 3.04. The van der Waals surface area contributed by atoms with Crippen molar-refractivity contribution in [2.75, 3.05) is 7.11 Å². The summed E-state index contributed by atoms with van der Waals surface area (Å²) in [6.07, 6.45) is 0.322. The summed E-state index contributed by atoms with van der Waals surface area (Å²) >= 11 is 0. The Labute approximate surface area is 81.8 Å². The minimum atomic E-state index is -0.414. The van der Waals surface area contributed by atoms with Crippen LogP contribution in [0.25, 0.3) is 0 Å². The lowest BCUT2D eigenvalue weighted by Gasteiger charge is -1.97. The number of aromatic nitrogens is 1. The number of methoxy groups -OCH3 is 1. The lowest BCUT2D eigenvalue weighted by Crippen LogP contribution is -2.13. The number of amidine groups is 1. The van der Waals surface area contributed by atoms with Crippen LogP contribution in [0.15, 0.2) is 6.07 Å². The van der Waals surface area contributed by atoms with Crippen molar-refractivity contribution in [2.45, 2.75) is 13.3 Å². The van der Waals surface area contributed by atoms with Crippen LogP contribution in [0.2, 0.25) is 0 Å². The highest BCUT2D eigenvalue weighted by molar-refractivity contribution is 5.88. The molecule has 76 valence electrons. The summed E-state index contributed by atoms with van der Waals surface area (Å²) in [6.45, 7) is 1.85. The summed E-state index contributed by atoms with van der Waals surface area (Å²) in [5.41, 5.74) is 7.33. The Hall–Kier alpha value is -1.78. The number of aryl methyl sites for hydroxylation is 1. The number of carbonyl (C=O) groups excluding carboxylic acids is 1. The minimum absolute atomic E-state index is 0.0614. The first-order valence-corrected chi connectivity index (χ1v) is 4.14. The number of aromatic amines is 1. The molecule has 4 N–H and O–H groups in total. The third-order valence-electron chi connectivity index (χ3n) is 1.89. The van der Waals surface area contributed by atoms with Crippen LogP contribution < -0.4 is 5.73 Å². The Kier molecular flexibility index (Phi) is 2.91. The van der Waals surface area contributed by atoms with Crippen molar-refractivity contribution in [3.05, 3.63) is 23.0 Å². The van der Waals surface area contributed by atoms with Gasteiger partial charge < -0.3 is 15.5 Å². The molecule has 0 atom stereocenters. The van der Waals surface area contributed by atoms with E-state index in [4.69, 9.17) is 11.1 Å². The molecule has 1 aromatic rings. The molecule has 5 heteroatoms. The van der Waals surface area contributed by atoms with E-state index in [0.717, 1.165) is 11.3 Å². The van der Waals surface area contributed by atoms with Gasteiger partial charge >= 0.3 is 5.97 Å². The maximum atomic E-state index is 11.1. The van der Waals surface area contributed by atoms with Gasteiger partial charge in [-0.15, -0.1) is 0 Å². The maximum Gasteiger partial charge on any atom is 0.354 e. The minimum Gasteiger partial charge on any atom is -0.464 e. The van der Waals surface area contributed by atoms with E-state index >= 15 is 0 Å². The maximum absolute atomic E-state index is 11.1. The van der Waals surface area contributed by atoms with Gasteiger partial charge in [-0.05, 0) is 18.6 Å². The Morgan fingerprint density at radius 2 is 2.36 bits per heavy atom. The van der Waals surface area contributed by atoms with Crippen molar-refractivity contribution in [1.82, 2.24) is 4.98 Å². The third kappa shape index (κ3) is 2.12. The number of rotatable bonds is 3. The number of H-pyrrole nitrogens is 1. The van der Waals surface area contributed by atoms with Crippen LogP contribution in [0.1, 0.15) is 21.7 Å². The predicted molar refractivity (Wildman–Crippen MR) is 52.5 cm³/mol. The van der Waals surface area contributed by atoms with Gasteiger partial charge in [0.2, 0.25) is 0 Å². The number of esters is 1. The summed E-state index contributed by atoms with van der Waals surface area (Å²) in [5.74, 6) is -0.353. The molecule has 0 spiro atoms. The number of carbonyl (C=O) groups is 1. The van der Waals surface area contributed by atoms with Crippen LogP contribution in [0, 0.1) is 12.3 Å². The van der Waals surface area contributed by atoms with Crippen LogP contribution in [0.4, 0.5) is 0 Å². The average Bonchev–Trinajstić information content (AvgIpc) is 2.46. The normalized spacial score (nSPS) is 9.86. The highest BCUT2D eigenvalue weighted by Crippen LogP contribution is 2.11. The fraction of sp³-hybridized carbons (Fsp3) is 0.333. The number of nitrogens with one attached hydrogen (secondary N) is 2. The van der Waals surface area contributed by atoms with E-state index in [1.165, 1.54) is 7.11 Å². The van der Waals surface area contributed by atoms with Gasteiger partial charge in [-0.3, -0.25) is 5.41 Å². The Bertz CT molecular complexity index is 368. The zero-order chi connectivity index (χ0) is 10.7. The van der Waals surface area contributed by atoms with Crippen molar-refractivity contribution in [2.24, 2.45) is 5.73 Å². The Balaban J connectivity index is 2.93. The van der Waals surface area contributed by atoms with Gasteiger partial charge in [0.15, 0.2) is 0 Å². The van der Waals surface area contributed by atoms with Crippen LogP contribution in [0.5, 0.6) is 0 Å². The average molecular weight is 195 g/mol. The van der Waals surface area contributed by atoms with Gasteiger partial charge in [0.25, 0.3) is 0 Å². The first kappa shape index (κ1) is 10.3. The Morgan fingerprint density at radius 1 is 1.71 bits per heavy atom. The van der Waals surface area contributed by atoms with Gasteiger partial charge in [0.05, 0.1) is 12.9 Å². The molecule has 1 heterocycles. The third-order valence-corrected chi connectivity index (χ3v) is 1.89. The van der Waals surface area contributed by atoms with E-state index < -0.39 is 5.97 Å². The van der Waals surface area contributed by atoms with Gasteiger partial charge in [-0.1, -0.05) is 0 Å². The molecule has 0 fully saturated rings. The van der Waals surface area contributed by atoms with E-state index in [2.05, 4.69) is 9.72 Å². The fourth-order valence-electron chi connectivity index (χ4n) is 1.19. The van der Waals surface area contributed by atoms with Crippen LogP contribution in [-0.2, 0) is 11.2 Å². The number of hydrogen-bond donors (Lipinski definition) is 3. The molecule has 0 amide bonds. The number of nitrogens with two attached hydrogens (primary N) is 1. The molecule has 0 bridgehead atoms. The van der Waals surface area contributed by atoms with Crippen molar-refractivity contribution >= 4 is 11.8 Å². The quantitative estimate of drug-likeness (QED) is 0.374. The van der Waals surface area contributed by atoms with Crippen LogP contribution >= 0.6 is 0 Å². The van der Waals surface area contributed by atoms with Crippen LogP contribution in [-0.4, -0.2) is 23.9 Å². The molecule has 0 aliphatic carbocycles. The van der Waals surface area contributed by atoms with Crippen LogP contribution in [0.3, 0.4) is 0 Å². The summed E-state index contributed by atoms with van der Waals surface area (Å²) in [4.78, 5) is 14.0. The second kappa shape index (κ2) is 3.95. The van der Waals surface area contributed by atoms with E-state index in [9.17, 15) is 4.79 Å². The first-order chi connectivity index (χ1) is 6.54. The molecule has 0 aliphatic heterocycles. The summed E-state index contributed by atoms with van der Waals surface area (Å²) in [7, 11) is 1.32. The smallest absolute Gasteiger partial charge is 0.354 e. The molecule has 0 aliphatic rings. The van der Waals surface area contributed by atoms with E-state index in [-0.39, 0.29) is 5.84 Å². The zero-order valence-corrected chi connectivity index (χ0v) is 8.18. The monoisotopic (exact) mass is 195 g/mol. The lowest BCUT2D eigenvalue weighted by atomic mass is 10.2. The van der Waals surface area contributed by atoms with Gasteiger partial charge in [0, 0.05) is 12.1 Å². The molecule has 14 heavy (non-hydrogen) atoms. The largest absolute Gasteiger partial charge is 0.464 e. The standard InChI is InChI=1S/C9H13N3O2/c1-5-3-7(9(13)14-2)12-6(5)4-8(10)11/h3,12H,4H2,1-2H3,(H3,10,11). The summed E-state index contributed by atoms with van der Waals surface area (Å²) < 4.78 is 4.55. The molecule has 0 aromatic carbocycles. The molecule has 0 saturated carbocycles. The Morgan fingerprint density at radius 3 is 2.86 bits per heavy atom. The molecule has 1 rings (SSSR count). The molecular formula is C9H13N3O2. The fourth-order valence-corrected chi connectivity index (χ4v) is 1.19. The predicted octanol–water partition coefficient (Wildman–Crippen LogP) is 0.588. The van der Waals surface area contributed by atoms with Crippen molar-refractivity contribution in [1.29, 1.82) is 5.41 Å². The molecular weight excluding hydrogens is 182 g/mol. The second-order valence-corrected chi connectivity index (χ2v) is 3.04.